The Morgan fingerprint density at radius 2 is 2.00 bits per heavy atom. The summed E-state index contributed by atoms with van der Waals surface area (Å²) < 4.78 is 28.1. The van der Waals surface area contributed by atoms with E-state index in [0.717, 1.165) is 32.1 Å². The molecule has 0 radical (unpaired) electrons. The van der Waals surface area contributed by atoms with Gasteiger partial charge in [-0.3, -0.25) is 0 Å². The van der Waals surface area contributed by atoms with Gasteiger partial charge in [-0.1, -0.05) is 12.8 Å². The Balaban J connectivity index is 2.05. The van der Waals surface area contributed by atoms with Gasteiger partial charge in [0, 0.05) is 19.1 Å². The van der Waals surface area contributed by atoms with E-state index < -0.39 is 10.2 Å². The van der Waals surface area contributed by atoms with Crippen molar-refractivity contribution in [3.8, 4) is 0 Å². The molecule has 2 rings (SSSR count). The van der Waals surface area contributed by atoms with Crippen LogP contribution in [-0.4, -0.2) is 38.4 Å². The molecule has 1 atom stereocenters. The Hall–Kier alpha value is -0.170. The minimum atomic E-state index is -3.22. The second-order valence-corrected chi connectivity index (χ2v) is 6.51. The highest BCUT2D eigenvalue weighted by molar-refractivity contribution is 7.87. The van der Waals surface area contributed by atoms with E-state index in [9.17, 15) is 8.42 Å². The van der Waals surface area contributed by atoms with Gasteiger partial charge in [0.05, 0.1) is 0 Å². The van der Waals surface area contributed by atoms with Gasteiger partial charge in [0.2, 0.25) is 0 Å². The minimum Gasteiger partial charge on any atom is -0.330 e. The van der Waals surface area contributed by atoms with E-state index in [1.165, 1.54) is 0 Å². The summed E-state index contributed by atoms with van der Waals surface area (Å²) >= 11 is 0. The fourth-order valence-electron chi connectivity index (χ4n) is 2.69. The number of hydrogen-bond acceptors (Lipinski definition) is 3. The van der Waals surface area contributed by atoms with Gasteiger partial charge in [-0.15, -0.1) is 0 Å². The van der Waals surface area contributed by atoms with Crippen LogP contribution >= 0.6 is 0 Å². The average molecular weight is 247 g/mol. The van der Waals surface area contributed by atoms with Crippen molar-refractivity contribution in [3.63, 3.8) is 0 Å². The predicted molar refractivity (Wildman–Crippen MR) is 63.0 cm³/mol. The lowest BCUT2D eigenvalue weighted by Gasteiger charge is -2.36. The first-order valence-electron chi connectivity index (χ1n) is 6.10. The molecule has 0 bridgehead atoms. The van der Waals surface area contributed by atoms with Crippen molar-refractivity contribution in [1.82, 2.24) is 9.03 Å². The molecule has 2 fully saturated rings. The molecule has 94 valence electrons. The summed E-state index contributed by atoms with van der Waals surface area (Å²) in [5.41, 5.74) is 5.53. The van der Waals surface area contributed by atoms with Crippen LogP contribution in [0.15, 0.2) is 0 Å². The number of nitrogens with two attached hydrogens (primary N) is 1. The molecule has 1 saturated heterocycles. The van der Waals surface area contributed by atoms with Gasteiger partial charge in [-0.2, -0.15) is 12.7 Å². The van der Waals surface area contributed by atoms with Crippen molar-refractivity contribution in [2.45, 2.75) is 38.1 Å². The molecular formula is C10H21N3O2S. The van der Waals surface area contributed by atoms with E-state index in [1.54, 1.807) is 4.31 Å². The van der Waals surface area contributed by atoms with Gasteiger partial charge in [-0.25, -0.2) is 4.72 Å². The number of hydrogen-bond donors (Lipinski definition) is 2. The third-order valence-electron chi connectivity index (χ3n) is 3.61. The zero-order valence-corrected chi connectivity index (χ0v) is 10.4. The Kier molecular flexibility index (Phi) is 3.84. The molecule has 1 saturated carbocycles. The first-order valence-corrected chi connectivity index (χ1v) is 7.54. The molecule has 3 N–H and O–H groups in total. The normalized spacial score (nSPS) is 31.9. The molecule has 6 heteroatoms. The molecule has 5 nitrogen and oxygen atoms in total. The average Bonchev–Trinajstić information content (AvgIpc) is 2.74. The van der Waals surface area contributed by atoms with Gasteiger partial charge in [-0.05, 0) is 31.7 Å². The smallest absolute Gasteiger partial charge is 0.279 e. The number of nitrogens with zero attached hydrogens (tertiary/aromatic N) is 1. The van der Waals surface area contributed by atoms with Gasteiger partial charge in [0.15, 0.2) is 0 Å². The summed E-state index contributed by atoms with van der Waals surface area (Å²) in [4.78, 5) is 0. The van der Waals surface area contributed by atoms with Crippen molar-refractivity contribution in [2.75, 3.05) is 19.6 Å². The van der Waals surface area contributed by atoms with Crippen LogP contribution < -0.4 is 10.5 Å². The third kappa shape index (κ3) is 2.56. The van der Waals surface area contributed by atoms with Gasteiger partial charge in [0.1, 0.15) is 0 Å². The molecule has 0 spiro atoms. The van der Waals surface area contributed by atoms with Crippen LogP contribution in [0, 0.1) is 5.92 Å². The van der Waals surface area contributed by atoms with E-state index >= 15 is 0 Å². The molecule has 1 unspecified atom stereocenters. The number of nitrogens with one attached hydrogen (secondary N) is 1. The molecule has 0 aromatic rings. The van der Waals surface area contributed by atoms with E-state index in [0.29, 0.717) is 25.6 Å². The zero-order valence-electron chi connectivity index (χ0n) is 9.56. The zero-order chi connectivity index (χ0) is 11.6. The van der Waals surface area contributed by atoms with E-state index in [-0.39, 0.29) is 6.04 Å². The summed E-state index contributed by atoms with van der Waals surface area (Å²) in [7, 11) is -3.22. The van der Waals surface area contributed by atoms with Crippen LogP contribution in [-0.2, 0) is 10.2 Å². The molecular weight excluding hydrogens is 226 g/mol. The maximum absolute atomic E-state index is 11.9. The molecule has 1 heterocycles. The van der Waals surface area contributed by atoms with Crippen LogP contribution in [0.5, 0.6) is 0 Å². The summed E-state index contributed by atoms with van der Waals surface area (Å²) in [6.07, 6.45) is 5.22. The Morgan fingerprint density at radius 3 is 2.62 bits per heavy atom. The standard InChI is InChI=1S/C10H21N3O2S/c11-6-5-9-7-12-16(14,15)13(8-9)10-3-1-2-4-10/h9-10,12H,1-8,11H2. The molecule has 0 amide bonds. The highest BCUT2D eigenvalue weighted by Crippen LogP contribution is 2.28. The Bertz CT molecular complexity index is 325. The van der Waals surface area contributed by atoms with Crippen LogP contribution in [0.25, 0.3) is 0 Å². The van der Waals surface area contributed by atoms with Crippen LogP contribution in [0.3, 0.4) is 0 Å². The van der Waals surface area contributed by atoms with Gasteiger partial charge < -0.3 is 5.73 Å². The maximum atomic E-state index is 11.9. The quantitative estimate of drug-likeness (QED) is 0.739. The summed E-state index contributed by atoms with van der Waals surface area (Å²) in [5, 5.41) is 0. The number of rotatable bonds is 3. The Morgan fingerprint density at radius 1 is 1.31 bits per heavy atom. The van der Waals surface area contributed by atoms with Gasteiger partial charge in [0.25, 0.3) is 10.2 Å². The predicted octanol–water partition coefficient (Wildman–Crippen LogP) is 0.0440. The van der Waals surface area contributed by atoms with Crippen molar-refractivity contribution >= 4 is 10.2 Å². The summed E-state index contributed by atoms with van der Waals surface area (Å²) in [5.74, 6) is 0.370. The van der Waals surface area contributed by atoms with Crippen molar-refractivity contribution < 1.29 is 8.42 Å². The minimum absolute atomic E-state index is 0.220. The first kappa shape index (κ1) is 12.3. The molecule has 1 aliphatic carbocycles. The lowest BCUT2D eigenvalue weighted by Crippen LogP contribution is -2.54. The highest BCUT2D eigenvalue weighted by Gasteiger charge is 2.36. The fraction of sp³-hybridized carbons (Fsp3) is 1.00. The highest BCUT2D eigenvalue weighted by atomic mass is 32.2. The van der Waals surface area contributed by atoms with E-state index in [4.69, 9.17) is 5.73 Å². The van der Waals surface area contributed by atoms with Crippen molar-refractivity contribution in [3.05, 3.63) is 0 Å². The molecule has 0 aromatic heterocycles. The first-order chi connectivity index (χ1) is 7.63. The van der Waals surface area contributed by atoms with E-state index in [1.807, 2.05) is 0 Å². The molecule has 1 aliphatic heterocycles. The molecule has 0 aromatic carbocycles. The molecule has 16 heavy (non-hydrogen) atoms. The third-order valence-corrected chi connectivity index (χ3v) is 5.20. The second-order valence-electron chi connectivity index (χ2n) is 4.80. The maximum Gasteiger partial charge on any atom is 0.279 e. The largest absolute Gasteiger partial charge is 0.330 e. The second kappa shape index (κ2) is 5.00. The van der Waals surface area contributed by atoms with Crippen LogP contribution in [0.4, 0.5) is 0 Å². The monoisotopic (exact) mass is 247 g/mol. The fourth-order valence-corrected chi connectivity index (χ4v) is 4.31. The van der Waals surface area contributed by atoms with Crippen LogP contribution in [0.1, 0.15) is 32.1 Å². The molecule has 2 aliphatic rings. The Labute approximate surface area is 97.6 Å². The van der Waals surface area contributed by atoms with Gasteiger partial charge >= 0.3 is 0 Å². The van der Waals surface area contributed by atoms with Crippen molar-refractivity contribution in [1.29, 1.82) is 0 Å². The lowest BCUT2D eigenvalue weighted by molar-refractivity contribution is 0.246. The summed E-state index contributed by atoms with van der Waals surface area (Å²) in [6, 6.07) is 0.220. The van der Waals surface area contributed by atoms with Crippen LogP contribution in [0.2, 0.25) is 0 Å². The summed E-state index contributed by atoms with van der Waals surface area (Å²) in [6.45, 7) is 1.82. The van der Waals surface area contributed by atoms with E-state index in [2.05, 4.69) is 4.72 Å². The lowest BCUT2D eigenvalue weighted by atomic mass is 10.1. The topological polar surface area (TPSA) is 75.4 Å². The SMILES string of the molecule is NCCC1CNS(=O)(=O)N(C2CCCC2)C1. The van der Waals surface area contributed by atoms with Crippen molar-refractivity contribution in [2.24, 2.45) is 11.7 Å².